The van der Waals surface area contributed by atoms with Crippen molar-refractivity contribution in [1.82, 2.24) is 4.98 Å². The molecule has 1 heterocycles. The van der Waals surface area contributed by atoms with E-state index in [1.54, 1.807) is 0 Å². The third kappa shape index (κ3) is 1.45. The minimum Gasteiger partial charge on any atom is -0.478 e. The molecule has 0 fully saturated rings. The Hall–Kier alpha value is -1.51. The summed E-state index contributed by atoms with van der Waals surface area (Å²) in [6.07, 6.45) is 2.53. The number of carboxylic acid groups (broad SMARTS) is 1. The van der Waals surface area contributed by atoms with Gasteiger partial charge in [-0.15, -0.1) is 0 Å². The molecule has 0 unspecified atom stereocenters. The smallest absolute Gasteiger partial charge is 0.331 e. The molecule has 0 saturated heterocycles. The molecule has 0 aromatic carbocycles. The Morgan fingerprint density at radius 1 is 1.43 bits per heavy atom. The van der Waals surface area contributed by atoms with Crippen molar-refractivity contribution in [3.63, 3.8) is 0 Å². The molecule has 14 heavy (non-hydrogen) atoms. The number of carbonyl (C=O) groups is 1. The summed E-state index contributed by atoms with van der Waals surface area (Å²) in [5.74, 6) is -0.773. The molecule has 1 aliphatic rings. The van der Waals surface area contributed by atoms with Crippen LogP contribution in [0.4, 0.5) is 0 Å². The minimum absolute atomic E-state index is 0.576. The summed E-state index contributed by atoms with van der Waals surface area (Å²) in [5.41, 5.74) is 3.60. The van der Waals surface area contributed by atoms with Crippen molar-refractivity contribution < 1.29 is 9.90 Å². The van der Waals surface area contributed by atoms with Crippen molar-refractivity contribution in [2.45, 2.75) is 26.2 Å². The summed E-state index contributed by atoms with van der Waals surface area (Å²) in [6, 6.07) is 3.93. The highest BCUT2D eigenvalue weighted by atomic mass is 16.4. The first kappa shape index (κ1) is 9.06. The van der Waals surface area contributed by atoms with Crippen molar-refractivity contribution in [2.75, 3.05) is 0 Å². The molecule has 2 N–H and O–H groups in total. The standard InChI is InChI=1S/C11H13NO2/c1-7-5-6-10(12-7)8-3-2-4-9(8)11(13)14/h5-6,12H,2-4H2,1H3,(H,13,14). The van der Waals surface area contributed by atoms with Crippen LogP contribution in [0.5, 0.6) is 0 Å². The zero-order valence-electron chi connectivity index (χ0n) is 8.13. The number of H-pyrrole nitrogens is 1. The van der Waals surface area contributed by atoms with Gasteiger partial charge in [0.2, 0.25) is 0 Å². The number of aryl methyl sites for hydroxylation is 1. The van der Waals surface area contributed by atoms with Crippen molar-refractivity contribution in [2.24, 2.45) is 0 Å². The topological polar surface area (TPSA) is 53.1 Å². The normalized spacial score (nSPS) is 16.4. The Morgan fingerprint density at radius 2 is 2.21 bits per heavy atom. The Labute approximate surface area is 82.5 Å². The molecule has 0 aliphatic heterocycles. The van der Waals surface area contributed by atoms with Gasteiger partial charge in [-0.25, -0.2) is 4.79 Å². The van der Waals surface area contributed by atoms with Crippen LogP contribution < -0.4 is 0 Å². The summed E-state index contributed by atoms with van der Waals surface area (Å²) < 4.78 is 0. The number of carboxylic acids is 1. The Morgan fingerprint density at radius 3 is 2.79 bits per heavy atom. The van der Waals surface area contributed by atoms with Crippen LogP contribution in [0.3, 0.4) is 0 Å². The lowest BCUT2D eigenvalue weighted by atomic mass is 10.1. The molecular weight excluding hydrogens is 178 g/mol. The van der Waals surface area contributed by atoms with Crippen molar-refractivity contribution in [3.8, 4) is 0 Å². The largest absolute Gasteiger partial charge is 0.478 e. The van der Waals surface area contributed by atoms with Gasteiger partial charge in [-0.05, 0) is 43.9 Å². The predicted octanol–water partition coefficient (Wildman–Crippen LogP) is 2.35. The Balaban J connectivity index is 2.42. The third-order valence-corrected chi connectivity index (χ3v) is 2.63. The molecule has 3 nitrogen and oxygen atoms in total. The second kappa shape index (κ2) is 3.33. The highest BCUT2D eigenvalue weighted by Crippen LogP contribution is 2.33. The lowest BCUT2D eigenvalue weighted by molar-refractivity contribution is -0.132. The van der Waals surface area contributed by atoms with Gasteiger partial charge in [-0.3, -0.25) is 0 Å². The highest BCUT2D eigenvalue weighted by molar-refractivity contribution is 5.97. The van der Waals surface area contributed by atoms with Crippen LogP contribution in [0, 0.1) is 6.92 Å². The number of allylic oxidation sites excluding steroid dienone is 1. The highest BCUT2D eigenvalue weighted by Gasteiger charge is 2.21. The molecule has 74 valence electrons. The maximum absolute atomic E-state index is 10.9. The van der Waals surface area contributed by atoms with Gasteiger partial charge in [0.25, 0.3) is 0 Å². The number of hydrogen-bond acceptors (Lipinski definition) is 1. The molecular formula is C11H13NO2. The average Bonchev–Trinajstić information content (AvgIpc) is 2.70. The van der Waals surface area contributed by atoms with E-state index in [1.807, 2.05) is 19.1 Å². The summed E-state index contributed by atoms with van der Waals surface area (Å²) in [7, 11) is 0. The third-order valence-electron chi connectivity index (χ3n) is 2.63. The van der Waals surface area contributed by atoms with Crippen molar-refractivity contribution in [3.05, 3.63) is 29.1 Å². The molecule has 3 heteroatoms. The molecule has 0 saturated carbocycles. The zero-order valence-corrected chi connectivity index (χ0v) is 8.13. The number of nitrogens with one attached hydrogen (secondary N) is 1. The fourth-order valence-corrected chi connectivity index (χ4v) is 1.96. The molecule has 0 amide bonds. The van der Waals surface area contributed by atoms with E-state index in [-0.39, 0.29) is 0 Å². The molecule has 1 aromatic heterocycles. The van der Waals surface area contributed by atoms with E-state index < -0.39 is 5.97 Å². The summed E-state index contributed by atoms with van der Waals surface area (Å²) in [4.78, 5) is 14.1. The van der Waals surface area contributed by atoms with Crippen LogP contribution in [0.2, 0.25) is 0 Å². The summed E-state index contributed by atoms with van der Waals surface area (Å²) in [5, 5.41) is 8.98. The first-order chi connectivity index (χ1) is 6.68. The SMILES string of the molecule is Cc1ccc(C2=C(C(=O)O)CCC2)[nH]1. The van der Waals surface area contributed by atoms with Crippen molar-refractivity contribution in [1.29, 1.82) is 0 Å². The summed E-state index contributed by atoms with van der Waals surface area (Å²) >= 11 is 0. The molecule has 0 spiro atoms. The quantitative estimate of drug-likeness (QED) is 0.753. The van der Waals surface area contributed by atoms with Gasteiger partial charge in [-0.1, -0.05) is 0 Å². The second-order valence-corrected chi connectivity index (χ2v) is 3.67. The number of aromatic amines is 1. The lowest BCUT2D eigenvalue weighted by Crippen LogP contribution is -1.99. The Bertz CT molecular complexity index is 401. The first-order valence-electron chi connectivity index (χ1n) is 4.80. The fraction of sp³-hybridized carbons (Fsp3) is 0.364. The van der Waals surface area contributed by atoms with E-state index in [4.69, 9.17) is 5.11 Å². The molecule has 1 aromatic rings. The first-order valence-corrected chi connectivity index (χ1v) is 4.80. The van der Waals surface area contributed by atoms with E-state index in [9.17, 15) is 4.79 Å². The van der Waals surface area contributed by atoms with E-state index in [0.29, 0.717) is 12.0 Å². The fourth-order valence-electron chi connectivity index (χ4n) is 1.96. The van der Waals surface area contributed by atoms with Crippen LogP contribution in [-0.2, 0) is 4.79 Å². The predicted molar refractivity (Wildman–Crippen MR) is 53.9 cm³/mol. The van der Waals surface area contributed by atoms with Crippen LogP contribution in [0.15, 0.2) is 17.7 Å². The zero-order chi connectivity index (χ0) is 10.1. The minimum atomic E-state index is -0.773. The van der Waals surface area contributed by atoms with Crippen molar-refractivity contribution >= 4 is 11.5 Å². The number of hydrogen-bond donors (Lipinski definition) is 2. The van der Waals surface area contributed by atoms with Gasteiger partial charge in [0, 0.05) is 17.0 Å². The van der Waals surface area contributed by atoms with Gasteiger partial charge >= 0.3 is 5.97 Å². The average molecular weight is 191 g/mol. The molecule has 0 atom stereocenters. The van der Waals surface area contributed by atoms with Gasteiger partial charge in [0.15, 0.2) is 0 Å². The summed E-state index contributed by atoms with van der Waals surface area (Å²) in [6.45, 7) is 1.97. The van der Waals surface area contributed by atoms with E-state index in [2.05, 4.69) is 4.98 Å². The van der Waals surface area contributed by atoms with Gasteiger partial charge < -0.3 is 10.1 Å². The molecule has 0 bridgehead atoms. The monoisotopic (exact) mass is 191 g/mol. The van der Waals surface area contributed by atoms with Crippen LogP contribution >= 0.6 is 0 Å². The number of aliphatic carboxylic acids is 1. The second-order valence-electron chi connectivity index (χ2n) is 3.67. The lowest BCUT2D eigenvalue weighted by Gasteiger charge is -2.00. The van der Waals surface area contributed by atoms with E-state index in [1.165, 1.54) is 0 Å². The molecule has 2 rings (SSSR count). The van der Waals surface area contributed by atoms with E-state index in [0.717, 1.165) is 29.8 Å². The van der Waals surface area contributed by atoms with E-state index >= 15 is 0 Å². The van der Waals surface area contributed by atoms with Crippen LogP contribution in [0.1, 0.15) is 30.7 Å². The van der Waals surface area contributed by atoms with Gasteiger partial charge in [-0.2, -0.15) is 0 Å². The number of aromatic nitrogens is 1. The van der Waals surface area contributed by atoms with Gasteiger partial charge in [0.1, 0.15) is 0 Å². The number of rotatable bonds is 2. The van der Waals surface area contributed by atoms with Crippen LogP contribution in [-0.4, -0.2) is 16.1 Å². The Kier molecular flexibility index (Phi) is 2.15. The van der Waals surface area contributed by atoms with Crippen LogP contribution in [0.25, 0.3) is 5.57 Å². The maximum Gasteiger partial charge on any atom is 0.331 e. The maximum atomic E-state index is 10.9. The molecule has 0 radical (unpaired) electrons. The molecule has 1 aliphatic carbocycles. The van der Waals surface area contributed by atoms with Gasteiger partial charge in [0.05, 0.1) is 0 Å².